The van der Waals surface area contributed by atoms with Gasteiger partial charge in [-0.05, 0) is 19.3 Å². The van der Waals surface area contributed by atoms with E-state index in [1.165, 1.54) is 11.5 Å². The molecule has 0 aliphatic carbocycles. The van der Waals surface area contributed by atoms with E-state index in [1.54, 1.807) is 6.20 Å². The van der Waals surface area contributed by atoms with Crippen molar-refractivity contribution in [1.29, 1.82) is 0 Å². The average molecular weight is 341 g/mol. The molecule has 1 aromatic heterocycles. The molecule has 1 aromatic rings. The lowest BCUT2D eigenvalue weighted by molar-refractivity contribution is -0.141. The van der Waals surface area contributed by atoms with E-state index in [0.717, 1.165) is 0 Å². The number of carbonyl (C=O) groups excluding carboxylic acids is 1. The molecule has 2 heterocycles. The quantitative estimate of drug-likeness (QED) is 0.439. The van der Waals surface area contributed by atoms with Gasteiger partial charge in [-0.2, -0.15) is 4.98 Å². The van der Waals surface area contributed by atoms with Crippen LogP contribution < -0.4 is 11.4 Å². The molecule has 9 nitrogen and oxygen atoms in total. The number of hydrogen-bond donors (Lipinski definition) is 3. The minimum absolute atomic E-state index is 0.154. The zero-order chi connectivity index (χ0) is 17.7. The van der Waals surface area contributed by atoms with Gasteiger partial charge in [0.25, 0.3) is 0 Å². The van der Waals surface area contributed by atoms with E-state index in [2.05, 4.69) is 4.98 Å². The first-order valence-electron chi connectivity index (χ1n) is 7.87. The highest BCUT2D eigenvalue weighted by atomic mass is 16.5. The molecule has 0 bridgehead atoms. The number of esters is 1. The van der Waals surface area contributed by atoms with E-state index in [0.29, 0.717) is 31.4 Å². The average Bonchev–Trinajstić information content (AvgIpc) is 2.89. The van der Waals surface area contributed by atoms with Gasteiger partial charge in [0, 0.05) is 25.1 Å². The highest BCUT2D eigenvalue weighted by Crippen LogP contribution is 2.28. The first-order valence-corrected chi connectivity index (χ1v) is 7.87. The number of aliphatic hydroxyl groups excluding tert-OH is 2. The molecule has 1 aliphatic rings. The van der Waals surface area contributed by atoms with Crippen LogP contribution in [0.5, 0.6) is 0 Å². The van der Waals surface area contributed by atoms with Gasteiger partial charge in [0.2, 0.25) is 0 Å². The molecular formula is C15H23N3O6. The summed E-state index contributed by atoms with van der Waals surface area (Å²) < 4.78 is 11.6. The number of nitrogens with zero attached hydrogens (tertiary/aromatic N) is 2. The third kappa shape index (κ3) is 4.53. The molecule has 0 saturated carbocycles. The van der Waals surface area contributed by atoms with Crippen molar-refractivity contribution < 1.29 is 24.5 Å². The fourth-order valence-electron chi connectivity index (χ4n) is 2.60. The summed E-state index contributed by atoms with van der Waals surface area (Å²) in [5, 5.41) is 18.9. The Morgan fingerprint density at radius 3 is 2.92 bits per heavy atom. The Hall–Kier alpha value is -1.97. The number of hydrogen-bond acceptors (Lipinski definition) is 8. The maximum Gasteiger partial charge on any atom is 0.351 e. The molecular weight excluding hydrogens is 318 g/mol. The van der Waals surface area contributed by atoms with Crippen LogP contribution in [0.3, 0.4) is 0 Å². The van der Waals surface area contributed by atoms with Gasteiger partial charge in [-0.15, -0.1) is 0 Å². The minimum atomic E-state index is -0.836. The zero-order valence-electron chi connectivity index (χ0n) is 13.6. The van der Waals surface area contributed by atoms with Crippen LogP contribution in [-0.4, -0.2) is 51.2 Å². The third-order valence-corrected chi connectivity index (χ3v) is 3.90. The Morgan fingerprint density at radius 1 is 1.54 bits per heavy atom. The minimum Gasteiger partial charge on any atom is -0.466 e. The van der Waals surface area contributed by atoms with Gasteiger partial charge in [-0.3, -0.25) is 9.36 Å². The summed E-state index contributed by atoms with van der Waals surface area (Å²) in [6.45, 7) is 1.36. The van der Waals surface area contributed by atoms with Crippen LogP contribution in [0.15, 0.2) is 11.0 Å². The fraction of sp³-hybridized carbons (Fsp3) is 0.667. The molecule has 1 aliphatic heterocycles. The topological polar surface area (TPSA) is 137 Å². The van der Waals surface area contributed by atoms with Crippen LogP contribution in [-0.2, 0) is 20.7 Å². The van der Waals surface area contributed by atoms with Gasteiger partial charge in [-0.25, -0.2) is 4.79 Å². The van der Waals surface area contributed by atoms with Crippen LogP contribution in [0, 0.1) is 0 Å². The monoisotopic (exact) mass is 341 g/mol. The van der Waals surface area contributed by atoms with E-state index in [-0.39, 0.29) is 24.8 Å². The molecule has 9 heteroatoms. The maximum absolute atomic E-state index is 12.0. The standard InChI is InChI=1S/C15H23N3O6/c1-9(20)23-5-3-2-4-10-7-18(15(22)17-14(10)16)13-6-11(21)12(8-19)24-13/h7,11-13,19,21H,2-6,8H2,1H3,(H2,16,17,22)/t11-,12+,13+/m0/s1. The van der Waals surface area contributed by atoms with Crippen molar-refractivity contribution in [1.82, 2.24) is 9.55 Å². The number of anilines is 1. The molecule has 0 unspecified atom stereocenters. The molecule has 0 spiro atoms. The Bertz CT molecular complexity index is 632. The van der Waals surface area contributed by atoms with Gasteiger partial charge in [0.1, 0.15) is 18.1 Å². The lowest BCUT2D eigenvalue weighted by Crippen LogP contribution is -2.29. The second-order valence-electron chi connectivity index (χ2n) is 5.75. The number of aryl methyl sites for hydroxylation is 1. The van der Waals surface area contributed by atoms with Crippen LogP contribution in [0.1, 0.15) is 38.0 Å². The Labute approximate surface area is 139 Å². The predicted molar refractivity (Wildman–Crippen MR) is 84.1 cm³/mol. The lowest BCUT2D eigenvalue weighted by Gasteiger charge is -2.16. The predicted octanol–water partition coefficient (Wildman–Crippen LogP) is -0.648. The molecule has 0 radical (unpaired) electrons. The first kappa shape index (κ1) is 18.4. The number of aromatic nitrogens is 2. The van der Waals surface area contributed by atoms with Gasteiger partial charge >= 0.3 is 11.7 Å². The highest BCUT2D eigenvalue weighted by Gasteiger charge is 2.35. The van der Waals surface area contributed by atoms with Crippen LogP contribution >= 0.6 is 0 Å². The van der Waals surface area contributed by atoms with Crippen molar-refractivity contribution in [2.45, 2.75) is 51.0 Å². The second-order valence-corrected chi connectivity index (χ2v) is 5.75. The number of unbranched alkanes of at least 4 members (excludes halogenated alkanes) is 1. The van der Waals surface area contributed by atoms with E-state index in [4.69, 9.17) is 20.3 Å². The molecule has 24 heavy (non-hydrogen) atoms. The molecule has 134 valence electrons. The molecule has 4 N–H and O–H groups in total. The van der Waals surface area contributed by atoms with Crippen LogP contribution in [0.25, 0.3) is 0 Å². The van der Waals surface area contributed by atoms with Crippen molar-refractivity contribution in [3.8, 4) is 0 Å². The molecule has 0 amide bonds. The van der Waals surface area contributed by atoms with Crippen molar-refractivity contribution in [2.24, 2.45) is 0 Å². The van der Waals surface area contributed by atoms with Crippen molar-refractivity contribution in [2.75, 3.05) is 18.9 Å². The fourth-order valence-corrected chi connectivity index (χ4v) is 2.60. The first-order chi connectivity index (χ1) is 11.4. The zero-order valence-corrected chi connectivity index (χ0v) is 13.6. The third-order valence-electron chi connectivity index (χ3n) is 3.90. The van der Waals surface area contributed by atoms with E-state index >= 15 is 0 Å². The Kier molecular flexibility index (Phi) is 6.29. The summed E-state index contributed by atoms with van der Waals surface area (Å²) in [7, 11) is 0. The van der Waals surface area contributed by atoms with E-state index in [9.17, 15) is 14.7 Å². The molecule has 3 atom stereocenters. The lowest BCUT2D eigenvalue weighted by atomic mass is 10.1. The number of rotatable bonds is 7. The SMILES string of the molecule is CC(=O)OCCCCc1cn([C@H]2C[C@H](O)[C@@H](CO)O2)c(=O)nc1N. The van der Waals surface area contributed by atoms with Crippen molar-refractivity contribution in [3.05, 3.63) is 22.2 Å². The van der Waals surface area contributed by atoms with Crippen molar-refractivity contribution in [3.63, 3.8) is 0 Å². The number of nitrogens with two attached hydrogens (primary N) is 1. The van der Waals surface area contributed by atoms with E-state index in [1.807, 2.05) is 0 Å². The van der Waals surface area contributed by atoms with Crippen LogP contribution in [0.2, 0.25) is 0 Å². The smallest absolute Gasteiger partial charge is 0.351 e. The summed E-state index contributed by atoms with van der Waals surface area (Å²) in [4.78, 5) is 26.5. The summed E-state index contributed by atoms with van der Waals surface area (Å²) >= 11 is 0. The number of aliphatic hydroxyl groups is 2. The summed E-state index contributed by atoms with van der Waals surface area (Å²) in [6.07, 6.45) is 1.49. The second kappa shape index (κ2) is 8.22. The summed E-state index contributed by atoms with van der Waals surface area (Å²) in [5.41, 5.74) is 5.91. The van der Waals surface area contributed by atoms with Gasteiger partial charge in [0.15, 0.2) is 0 Å². The molecule has 1 fully saturated rings. The van der Waals surface area contributed by atoms with Gasteiger partial charge in [0.05, 0.1) is 19.3 Å². The summed E-state index contributed by atoms with van der Waals surface area (Å²) in [5.74, 6) is -0.166. The Morgan fingerprint density at radius 2 is 2.29 bits per heavy atom. The van der Waals surface area contributed by atoms with Crippen molar-refractivity contribution >= 4 is 11.8 Å². The van der Waals surface area contributed by atoms with E-state index < -0.39 is 24.1 Å². The van der Waals surface area contributed by atoms with Gasteiger partial charge < -0.3 is 25.4 Å². The highest BCUT2D eigenvalue weighted by molar-refractivity contribution is 5.65. The molecule has 2 rings (SSSR count). The van der Waals surface area contributed by atoms with Crippen LogP contribution in [0.4, 0.5) is 5.82 Å². The molecule has 1 saturated heterocycles. The number of carbonyl (C=O) groups is 1. The normalized spacial score (nSPS) is 23.4. The summed E-state index contributed by atoms with van der Waals surface area (Å²) in [6, 6.07) is 0. The van der Waals surface area contributed by atoms with Gasteiger partial charge in [-0.1, -0.05) is 0 Å². The Balaban J connectivity index is 2.03. The number of ether oxygens (including phenoxy) is 2. The molecule has 0 aromatic carbocycles. The maximum atomic E-state index is 12.0. The number of nitrogen functional groups attached to an aromatic ring is 1. The largest absolute Gasteiger partial charge is 0.466 e.